The van der Waals surface area contributed by atoms with Gasteiger partial charge in [-0.25, -0.2) is 4.39 Å². The van der Waals surface area contributed by atoms with E-state index in [1.165, 1.54) is 23.5 Å². The first-order chi connectivity index (χ1) is 15.1. The molecule has 0 fully saturated rings. The van der Waals surface area contributed by atoms with Crippen LogP contribution in [0.4, 0.5) is 4.39 Å². The molecule has 0 amide bonds. The first-order valence-corrected chi connectivity index (χ1v) is 11.4. The standard InChI is InChI=1S/C23H17FN4OS2/c1-2-15-3-5-17(6-4-15)14-31-23-26-25-22-27(13-16-7-9-18(24)10-8-16)21(29)20-19(28(22)23)11-12-30-20/h2-12H,1,13-14H2. The fourth-order valence-corrected chi connectivity index (χ4v) is 5.13. The number of halogens is 1. The van der Waals surface area contributed by atoms with Crippen LogP contribution in [-0.4, -0.2) is 19.2 Å². The van der Waals surface area contributed by atoms with Crippen molar-refractivity contribution in [3.8, 4) is 0 Å². The van der Waals surface area contributed by atoms with Gasteiger partial charge in [0.25, 0.3) is 5.56 Å². The molecule has 8 heteroatoms. The van der Waals surface area contributed by atoms with Gasteiger partial charge in [-0.2, -0.15) is 0 Å². The number of hydrogen-bond acceptors (Lipinski definition) is 5. The monoisotopic (exact) mass is 448 g/mol. The minimum atomic E-state index is -0.308. The Balaban J connectivity index is 1.56. The first kappa shape index (κ1) is 19.7. The molecule has 0 radical (unpaired) electrons. The third-order valence-electron chi connectivity index (χ3n) is 5.02. The highest BCUT2D eigenvalue weighted by Gasteiger charge is 2.18. The molecule has 5 nitrogen and oxygen atoms in total. The van der Waals surface area contributed by atoms with Crippen molar-refractivity contribution < 1.29 is 4.39 Å². The SMILES string of the molecule is C=Cc1ccc(CSc2nnc3n(Cc4ccc(F)cc4)c(=O)c4sccc4n23)cc1. The second kappa shape index (κ2) is 8.13. The van der Waals surface area contributed by atoms with Crippen LogP contribution in [0.3, 0.4) is 0 Å². The second-order valence-electron chi connectivity index (χ2n) is 7.01. The minimum absolute atomic E-state index is 0.120. The number of nitrogens with zero attached hydrogens (tertiary/aromatic N) is 4. The van der Waals surface area contributed by atoms with Crippen molar-refractivity contribution in [2.45, 2.75) is 17.5 Å². The van der Waals surface area contributed by atoms with Crippen LogP contribution in [0, 0.1) is 5.82 Å². The van der Waals surface area contributed by atoms with E-state index in [0.717, 1.165) is 33.1 Å². The zero-order valence-electron chi connectivity index (χ0n) is 16.4. The van der Waals surface area contributed by atoms with Gasteiger partial charge < -0.3 is 0 Å². The van der Waals surface area contributed by atoms with E-state index in [0.29, 0.717) is 17.0 Å². The number of thiophene rings is 1. The molecule has 0 saturated heterocycles. The minimum Gasteiger partial charge on any atom is -0.271 e. The molecule has 3 heterocycles. The molecule has 5 aromatic rings. The molecule has 0 aliphatic rings. The number of aromatic nitrogens is 4. The smallest absolute Gasteiger partial charge is 0.271 e. The van der Waals surface area contributed by atoms with Crippen molar-refractivity contribution in [1.29, 1.82) is 0 Å². The lowest BCUT2D eigenvalue weighted by atomic mass is 10.1. The lowest BCUT2D eigenvalue weighted by Gasteiger charge is -2.09. The van der Waals surface area contributed by atoms with Crippen LogP contribution in [0.25, 0.3) is 22.1 Å². The Labute approximate surface area is 185 Å². The Morgan fingerprint density at radius 3 is 2.52 bits per heavy atom. The molecule has 31 heavy (non-hydrogen) atoms. The van der Waals surface area contributed by atoms with Gasteiger partial charge >= 0.3 is 0 Å². The quantitative estimate of drug-likeness (QED) is 0.334. The molecule has 0 aliphatic heterocycles. The summed E-state index contributed by atoms with van der Waals surface area (Å²) in [7, 11) is 0. The summed E-state index contributed by atoms with van der Waals surface area (Å²) >= 11 is 2.97. The summed E-state index contributed by atoms with van der Waals surface area (Å²) in [6.45, 7) is 4.08. The molecule has 0 bridgehead atoms. The van der Waals surface area contributed by atoms with Gasteiger partial charge in [-0.1, -0.05) is 60.8 Å². The zero-order chi connectivity index (χ0) is 21.4. The summed E-state index contributed by atoms with van der Waals surface area (Å²) in [6, 6.07) is 16.3. The summed E-state index contributed by atoms with van der Waals surface area (Å²) in [4.78, 5) is 13.1. The third-order valence-corrected chi connectivity index (χ3v) is 6.91. The number of benzene rings is 2. The average Bonchev–Trinajstić information content (AvgIpc) is 3.44. The molecule has 154 valence electrons. The molecule has 5 rings (SSSR count). The van der Waals surface area contributed by atoms with E-state index >= 15 is 0 Å². The number of hydrogen-bond donors (Lipinski definition) is 0. The van der Waals surface area contributed by atoms with E-state index in [4.69, 9.17) is 0 Å². The maximum absolute atomic E-state index is 13.3. The molecular formula is C23H17FN4OS2. The number of fused-ring (bicyclic) bond motifs is 3. The van der Waals surface area contributed by atoms with Crippen LogP contribution in [0.15, 0.2) is 76.5 Å². The van der Waals surface area contributed by atoms with Crippen molar-refractivity contribution in [2.24, 2.45) is 0 Å². The van der Waals surface area contributed by atoms with Crippen molar-refractivity contribution in [3.63, 3.8) is 0 Å². The fraction of sp³-hybridized carbons (Fsp3) is 0.0870. The van der Waals surface area contributed by atoms with Crippen LogP contribution in [0.2, 0.25) is 0 Å². The third kappa shape index (κ3) is 3.68. The topological polar surface area (TPSA) is 52.2 Å². The van der Waals surface area contributed by atoms with Gasteiger partial charge in [0.05, 0.1) is 12.1 Å². The number of thioether (sulfide) groups is 1. The highest BCUT2D eigenvalue weighted by molar-refractivity contribution is 7.98. The maximum atomic E-state index is 13.3. The fourth-order valence-electron chi connectivity index (χ4n) is 3.41. The van der Waals surface area contributed by atoms with E-state index in [-0.39, 0.29) is 11.4 Å². The molecule has 0 spiro atoms. The largest absolute Gasteiger partial charge is 0.273 e. The van der Waals surface area contributed by atoms with E-state index in [1.54, 1.807) is 28.5 Å². The molecule has 3 aromatic heterocycles. The molecule has 0 unspecified atom stereocenters. The first-order valence-electron chi connectivity index (χ1n) is 9.58. The molecule has 0 N–H and O–H groups in total. The summed E-state index contributed by atoms with van der Waals surface area (Å²) < 4.78 is 17.5. The Kier molecular flexibility index (Phi) is 5.17. The van der Waals surface area contributed by atoms with E-state index in [9.17, 15) is 9.18 Å². The molecule has 0 aliphatic carbocycles. The van der Waals surface area contributed by atoms with Gasteiger partial charge in [0, 0.05) is 5.75 Å². The molecule has 0 saturated carbocycles. The van der Waals surface area contributed by atoms with Crippen LogP contribution >= 0.6 is 23.1 Å². The van der Waals surface area contributed by atoms with Crippen molar-refractivity contribution >= 4 is 45.2 Å². The van der Waals surface area contributed by atoms with E-state index in [1.807, 2.05) is 34.1 Å². The summed E-state index contributed by atoms with van der Waals surface area (Å²) in [5.74, 6) is 0.892. The van der Waals surface area contributed by atoms with Gasteiger partial charge in [-0.05, 0) is 40.3 Å². The molecule has 0 atom stereocenters. The Hall–Kier alpha value is -3.23. The van der Waals surface area contributed by atoms with Gasteiger partial charge in [0.15, 0.2) is 5.16 Å². The highest BCUT2D eigenvalue weighted by atomic mass is 32.2. The zero-order valence-corrected chi connectivity index (χ0v) is 18.0. The normalized spacial score (nSPS) is 11.4. The van der Waals surface area contributed by atoms with Crippen LogP contribution in [-0.2, 0) is 12.3 Å². The second-order valence-corrected chi connectivity index (χ2v) is 8.86. The predicted molar refractivity (Wildman–Crippen MR) is 124 cm³/mol. The van der Waals surface area contributed by atoms with E-state index < -0.39 is 0 Å². The van der Waals surface area contributed by atoms with Gasteiger partial charge in [-0.3, -0.25) is 13.8 Å². The summed E-state index contributed by atoms with van der Waals surface area (Å²) in [5.41, 5.74) is 3.74. The van der Waals surface area contributed by atoms with Gasteiger partial charge in [-0.15, -0.1) is 21.5 Å². The Morgan fingerprint density at radius 1 is 1.03 bits per heavy atom. The van der Waals surface area contributed by atoms with Crippen LogP contribution in [0.5, 0.6) is 0 Å². The van der Waals surface area contributed by atoms with Crippen LogP contribution in [0.1, 0.15) is 16.7 Å². The molecule has 2 aromatic carbocycles. The van der Waals surface area contributed by atoms with E-state index in [2.05, 4.69) is 28.9 Å². The van der Waals surface area contributed by atoms with Crippen molar-refractivity contribution in [1.82, 2.24) is 19.2 Å². The van der Waals surface area contributed by atoms with Crippen molar-refractivity contribution in [2.75, 3.05) is 0 Å². The summed E-state index contributed by atoms with van der Waals surface area (Å²) in [6.07, 6.45) is 1.82. The Bertz CT molecular complexity index is 1450. The summed E-state index contributed by atoms with van der Waals surface area (Å²) in [5, 5.41) is 11.3. The average molecular weight is 449 g/mol. The predicted octanol–water partition coefficient (Wildman–Crippen LogP) is 5.23. The van der Waals surface area contributed by atoms with Crippen LogP contribution < -0.4 is 5.56 Å². The highest BCUT2D eigenvalue weighted by Crippen LogP contribution is 2.27. The Morgan fingerprint density at radius 2 is 1.77 bits per heavy atom. The maximum Gasteiger partial charge on any atom is 0.273 e. The van der Waals surface area contributed by atoms with Gasteiger partial charge in [0.2, 0.25) is 5.78 Å². The lowest BCUT2D eigenvalue weighted by Crippen LogP contribution is -2.23. The lowest BCUT2D eigenvalue weighted by molar-refractivity contribution is 0.626. The van der Waals surface area contributed by atoms with Crippen molar-refractivity contribution in [3.05, 3.63) is 99.4 Å². The molecular weight excluding hydrogens is 431 g/mol. The van der Waals surface area contributed by atoms with Gasteiger partial charge in [0.1, 0.15) is 10.5 Å². The number of rotatable bonds is 6.